The Morgan fingerprint density at radius 3 is 2.65 bits per heavy atom. The molecule has 120 valence electrons. The second-order valence-corrected chi connectivity index (χ2v) is 8.27. The van der Waals surface area contributed by atoms with Crippen molar-refractivity contribution in [3.8, 4) is 0 Å². The van der Waals surface area contributed by atoms with E-state index in [1.807, 2.05) is 12.1 Å². The second-order valence-electron chi connectivity index (χ2n) is 8.27. The van der Waals surface area contributed by atoms with E-state index in [9.17, 15) is 4.79 Å². The lowest BCUT2D eigenvalue weighted by molar-refractivity contribution is 0.0919. The predicted molar refractivity (Wildman–Crippen MR) is 91.6 cm³/mol. The van der Waals surface area contributed by atoms with E-state index in [0.29, 0.717) is 5.78 Å². The fourth-order valence-electron chi connectivity index (χ4n) is 5.73. The monoisotopic (exact) mass is 307 g/mol. The molecule has 1 aromatic carbocycles. The maximum atomic E-state index is 12.4. The van der Waals surface area contributed by atoms with Crippen molar-refractivity contribution in [1.82, 2.24) is 4.90 Å². The lowest BCUT2D eigenvalue weighted by atomic mass is 9.73. The van der Waals surface area contributed by atoms with Crippen LogP contribution in [0.3, 0.4) is 0 Å². The molecule has 1 saturated heterocycles. The number of fused-ring (bicyclic) bond motifs is 4. The molecule has 2 fully saturated rings. The van der Waals surface area contributed by atoms with Crippen LogP contribution in [0.25, 0.3) is 0 Å². The summed E-state index contributed by atoms with van der Waals surface area (Å²) >= 11 is 0. The summed E-state index contributed by atoms with van der Waals surface area (Å²) in [6.07, 6.45) is 10.8. The number of benzene rings is 1. The van der Waals surface area contributed by atoms with E-state index in [-0.39, 0.29) is 5.41 Å². The van der Waals surface area contributed by atoms with Crippen LogP contribution in [0.2, 0.25) is 0 Å². The van der Waals surface area contributed by atoms with Crippen LogP contribution in [-0.2, 0) is 5.41 Å². The van der Waals surface area contributed by atoms with E-state index in [1.165, 1.54) is 38.0 Å². The third kappa shape index (κ3) is 2.15. The first kappa shape index (κ1) is 14.0. The molecular formula is C21H25NO. The number of Topliss-reactive ketones (excluding diaryl/α,β-unsaturated/α-hetero) is 1. The van der Waals surface area contributed by atoms with Gasteiger partial charge in [0.15, 0.2) is 5.78 Å². The largest absolute Gasteiger partial charge is 0.303 e. The number of nitrogens with zero attached hydrogens (tertiary/aromatic N) is 1. The van der Waals surface area contributed by atoms with Crippen molar-refractivity contribution in [2.24, 2.45) is 17.8 Å². The first-order chi connectivity index (χ1) is 11.2. The first-order valence-corrected chi connectivity index (χ1v) is 9.27. The van der Waals surface area contributed by atoms with Crippen LogP contribution in [0, 0.1) is 17.8 Å². The molecule has 0 unspecified atom stereocenters. The Labute approximate surface area is 138 Å². The van der Waals surface area contributed by atoms with Crippen molar-refractivity contribution >= 4 is 5.78 Å². The zero-order valence-electron chi connectivity index (χ0n) is 13.7. The fraction of sp³-hybridized carbons (Fsp3) is 0.571. The molecule has 4 aliphatic rings. The molecule has 2 bridgehead atoms. The van der Waals surface area contributed by atoms with Crippen LogP contribution in [-0.4, -0.2) is 30.3 Å². The number of rotatable bonds is 2. The van der Waals surface area contributed by atoms with Crippen LogP contribution in [0.1, 0.15) is 48.0 Å². The molecule has 3 atom stereocenters. The zero-order valence-corrected chi connectivity index (χ0v) is 13.7. The van der Waals surface area contributed by atoms with Gasteiger partial charge < -0.3 is 4.90 Å². The van der Waals surface area contributed by atoms with Gasteiger partial charge in [0.1, 0.15) is 0 Å². The smallest absolute Gasteiger partial charge is 0.164 e. The summed E-state index contributed by atoms with van der Waals surface area (Å²) in [5, 5.41) is 0. The Balaban J connectivity index is 1.28. The first-order valence-electron chi connectivity index (χ1n) is 9.27. The predicted octanol–water partition coefficient (Wildman–Crippen LogP) is 3.82. The second kappa shape index (κ2) is 5.04. The highest BCUT2D eigenvalue weighted by atomic mass is 16.1. The molecule has 5 rings (SSSR count). The van der Waals surface area contributed by atoms with Crippen LogP contribution in [0.15, 0.2) is 36.4 Å². The lowest BCUT2D eigenvalue weighted by Crippen LogP contribution is -2.44. The summed E-state index contributed by atoms with van der Waals surface area (Å²) in [5.74, 6) is 2.98. The van der Waals surface area contributed by atoms with E-state index < -0.39 is 0 Å². The summed E-state index contributed by atoms with van der Waals surface area (Å²) in [4.78, 5) is 15.0. The molecular weight excluding hydrogens is 282 g/mol. The summed E-state index contributed by atoms with van der Waals surface area (Å²) in [7, 11) is 0. The molecule has 23 heavy (non-hydrogen) atoms. The Morgan fingerprint density at radius 1 is 1.09 bits per heavy atom. The normalized spacial score (nSPS) is 34.4. The topological polar surface area (TPSA) is 20.3 Å². The minimum absolute atomic E-state index is 0.152. The van der Waals surface area contributed by atoms with E-state index >= 15 is 0 Å². The molecule has 0 radical (unpaired) electrons. The number of piperidine rings is 1. The van der Waals surface area contributed by atoms with Gasteiger partial charge in [-0.3, -0.25) is 4.79 Å². The van der Waals surface area contributed by atoms with Crippen molar-refractivity contribution in [3.63, 3.8) is 0 Å². The average Bonchev–Trinajstić information content (AvgIpc) is 3.25. The number of hydrogen-bond donors (Lipinski definition) is 0. The number of carbonyl (C=O) groups is 1. The van der Waals surface area contributed by atoms with Gasteiger partial charge in [-0.15, -0.1) is 0 Å². The third-order valence-corrected chi connectivity index (χ3v) is 7.02. The van der Waals surface area contributed by atoms with E-state index in [2.05, 4.69) is 29.2 Å². The summed E-state index contributed by atoms with van der Waals surface area (Å²) < 4.78 is 0. The minimum atomic E-state index is 0.152. The van der Waals surface area contributed by atoms with Crippen molar-refractivity contribution in [2.75, 3.05) is 19.6 Å². The van der Waals surface area contributed by atoms with Gasteiger partial charge >= 0.3 is 0 Å². The highest BCUT2D eigenvalue weighted by Gasteiger charge is 2.45. The van der Waals surface area contributed by atoms with Crippen LogP contribution >= 0.6 is 0 Å². The van der Waals surface area contributed by atoms with E-state index in [0.717, 1.165) is 42.6 Å². The van der Waals surface area contributed by atoms with Gasteiger partial charge in [-0.2, -0.15) is 0 Å². The maximum Gasteiger partial charge on any atom is 0.164 e. The molecule has 2 heteroatoms. The summed E-state index contributed by atoms with van der Waals surface area (Å²) in [6, 6.07) is 8.34. The van der Waals surface area contributed by atoms with Crippen LogP contribution < -0.4 is 0 Å². The van der Waals surface area contributed by atoms with Crippen LogP contribution in [0.5, 0.6) is 0 Å². The van der Waals surface area contributed by atoms with Gasteiger partial charge in [0.25, 0.3) is 0 Å². The van der Waals surface area contributed by atoms with Crippen molar-refractivity contribution < 1.29 is 4.79 Å². The van der Waals surface area contributed by atoms with Gasteiger partial charge in [-0.05, 0) is 62.1 Å². The molecule has 0 aromatic heterocycles. The fourth-order valence-corrected chi connectivity index (χ4v) is 5.73. The lowest BCUT2D eigenvalue weighted by Gasteiger charge is -2.41. The Morgan fingerprint density at radius 2 is 1.91 bits per heavy atom. The molecule has 1 heterocycles. The molecule has 1 spiro atoms. The van der Waals surface area contributed by atoms with Crippen molar-refractivity contribution in [3.05, 3.63) is 47.5 Å². The SMILES string of the molecule is O=C1CC2(CCN(C[C@@H]3C[C@H]4C=C[C@H]3C4)CC2)c2ccccc21. The molecule has 1 aliphatic heterocycles. The van der Waals surface area contributed by atoms with Gasteiger partial charge in [0.05, 0.1) is 0 Å². The van der Waals surface area contributed by atoms with Gasteiger partial charge in [-0.1, -0.05) is 36.4 Å². The Hall–Kier alpha value is -1.41. The summed E-state index contributed by atoms with van der Waals surface area (Å²) in [5.41, 5.74) is 2.49. The third-order valence-electron chi connectivity index (χ3n) is 7.02. The number of carbonyl (C=O) groups excluding carboxylic acids is 1. The van der Waals surface area contributed by atoms with E-state index in [4.69, 9.17) is 0 Å². The molecule has 1 saturated carbocycles. The Kier molecular flexibility index (Phi) is 3.06. The Bertz CT molecular complexity index is 668. The maximum absolute atomic E-state index is 12.4. The highest BCUT2D eigenvalue weighted by molar-refractivity contribution is 6.02. The van der Waals surface area contributed by atoms with Crippen molar-refractivity contribution in [2.45, 2.75) is 37.5 Å². The highest BCUT2D eigenvalue weighted by Crippen LogP contribution is 2.47. The molecule has 1 aromatic rings. The van der Waals surface area contributed by atoms with Crippen LogP contribution in [0.4, 0.5) is 0 Å². The standard InChI is InChI=1S/C21H25NO/c23-20-13-21(19-4-2-1-3-18(19)20)7-9-22(10-8-21)14-17-12-15-5-6-16(17)11-15/h1-6,15-17H,7-14H2/t15-,16-,17-/m0/s1. The molecule has 0 N–H and O–H groups in total. The van der Waals surface area contributed by atoms with Gasteiger partial charge in [0.2, 0.25) is 0 Å². The quantitative estimate of drug-likeness (QED) is 0.774. The molecule has 2 nitrogen and oxygen atoms in total. The van der Waals surface area contributed by atoms with Crippen molar-refractivity contribution in [1.29, 1.82) is 0 Å². The zero-order chi connectivity index (χ0) is 15.4. The molecule has 3 aliphatic carbocycles. The van der Waals surface area contributed by atoms with Gasteiger partial charge in [0, 0.05) is 23.9 Å². The van der Waals surface area contributed by atoms with E-state index in [1.54, 1.807) is 0 Å². The number of likely N-dealkylation sites (tertiary alicyclic amines) is 1. The number of hydrogen-bond acceptors (Lipinski definition) is 2. The summed E-state index contributed by atoms with van der Waals surface area (Å²) in [6.45, 7) is 3.61. The molecule has 0 amide bonds. The number of ketones is 1. The average molecular weight is 307 g/mol. The number of allylic oxidation sites excluding steroid dienone is 2. The van der Waals surface area contributed by atoms with Gasteiger partial charge in [-0.25, -0.2) is 0 Å². The minimum Gasteiger partial charge on any atom is -0.303 e.